The molecule has 31 heavy (non-hydrogen) atoms. The fourth-order valence-electron chi connectivity index (χ4n) is 4.26. The van der Waals surface area contributed by atoms with Crippen LogP contribution in [-0.4, -0.2) is 80.5 Å². The molecule has 3 heterocycles. The molecule has 0 aliphatic carbocycles. The van der Waals surface area contributed by atoms with Crippen LogP contribution in [0.1, 0.15) is 38.4 Å². The van der Waals surface area contributed by atoms with E-state index < -0.39 is 12.7 Å². The second-order valence-corrected chi connectivity index (χ2v) is 8.45. The van der Waals surface area contributed by atoms with Crippen LogP contribution >= 0.6 is 0 Å². The van der Waals surface area contributed by atoms with E-state index in [2.05, 4.69) is 10.2 Å². The van der Waals surface area contributed by atoms with Crippen molar-refractivity contribution >= 4 is 5.96 Å². The van der Waals surface area contributed by atoms with Crippen molar-refractivity contribution in [1.29, 1.82) is 0 Å². The highest BCUT2D eigenvalue weighted by atomic mass is 19.4. The Balaban J connectivity index is 1.55. The summed E-state index contributed by atoms with van der Waals surface area (Å²) in [5.74, 6) is 1.93. The molecule has 6 nitrogen and oxygen atoms in total. The summed E-state index contributed by atoms with van der Waals surface area (Å²) in [4.78, 5) is 8.49. The maximum absolute atomic E-state index is 12.8. The summed E-state index contributed by atoms with van der Waals surface area (Å²) in [7, 11) is 0. The quantitative estimate of drug-likeness (QED) is 0.466. The number of rotatable bonds is 9. The van der Waals surface area contributed by atoms with E-state index in [1.54, 1.807) is 13.2 Å². The number of hydrogen-bond donors (Lipinski definition) is 1. The molecule has 0 spiro atoms. The van der Waals surface area contributed by atoms with Crippen molar-refractivity contribution in [2.24, 2.45) is 10.9 Å². The van der Waals surface area contributed by atoms with Gasteiger partial charge in [0.15, 0.2) is 5.96 Å². The Morgan fingerprint density at radius 1 is 1.32 bits per heavy atom. The van der Waals surface area contributed by atoms with Gasteiger partial charge in [-0.25, -0.2) is 0 Å². The maximum Gasteiger partial charge on any atom is 0.401 e. The third-order valence-electron chi connectivity index (χ3n) is 5.91. The van der Waals surface area contributed by atoms with Gasteiger partial charge < -0.3 is 19.4 Å². The molecule has 2 aliphatic rings. The number of guanidine groups is 1. The average molecular weight is 445 g/mol. The molecule has 2 unspecified atom stereocenters. The molecule has 0 radical (unpaired) electrons. The normalized spacial score (nSPS) is 23.0. The number of likely N-dealkylation sites (tertiary alicyclic amines) is 1. The Bertz CT molecular complexity index is 660. The fourth-order valence-corrected chi connectivity index (χ4v) is 4.26. The largest absolute Gasteiger partial charge is 0.469 e. The zero-order chi connectivity index (χ0) is 22.1. The number of furan rings is 1. The summed E-state index contributed by atoms with van der Waals surface area (Å²) >= 11 is 0. The van der Waals surface area contributed by atoms with Crippen LogP contribution in [0.15, 0.2) is 27.8 Å². The highest BCUT2D eigenvalue weighted by Crippen LogP contribution is 2.22. The summed E-state index contributed by atoms with van der Waals surface area (Å²) in [6, 6.07) is 3.82. The predicted octanol–water partition coefficient (Wildman–Crippen LogP) is 3.54. The van der Waals surface area contributed by atoms with Gasteiger partial charge in [0.2, 0.25) is 0 Å². The minimum Gasteiger partial charge on any atom is -0.469 e. The van der Waals surface area contributed by atoms with E-state index >= 15 is 0 Å². The lowest BCUT2D eigenvalue weighted by Gasteiger charge is -2.27. The van der Waals surface area contributed by atoms with Crippen molar-refractivity contribution < 1.29 is 22.3 Å². The third kappa shape index (κ3) is 8.37. The number of aliphatic imine (C=N–C) groups is 1. The minimum absolute atomic E-state index is 0.149. The molecule has 2 saturated heterocycles. The molecule has 176 valence electrons. The first-order valence-electron chi connectivity index (χ1n) is 11.4. The van der Waals surface area contributed by atoms with Gasteiger partial charge >= 0.3 is 6.18 Å². The second kappa shape index (κ2) is 11.8. The summed E-state index contributed by atoms with van der Waals surface area (Å²) in [5, 5.41) is 3.43. The molecule has 0 aromatic carbocycles. The van der Waals surface area contributed by atoms with Crippen molar-refractivity contribution in [3.8, 4) is 0 Å². The Hall–Kier alpha value is -1.74. The van der Waals surface area contributed by atoms with E-state index in [1.165, 1.54) is 11.3 Å². The van der Waals surface area contributed by atoms with E-state index in [-0.39, 0.29) is 12.0 Å². The SMILES string of the molecule is CCN(CC1CCN(C(=NCC2CCCCO2)NCCc2ccco2)C1)CC(F)(F)F. The molecule has 2 aliphatic heterocycles. The van der Waals surface area contributed by atoms with Gasteiger partial charge in [0.05, 0.1) is 25.5 Å². The Labute approximate surface area is 182 Å². The second-order valence-electron chi connectivity index (χ2n) is 8.45. The zero-order valence-electron chi connectivity index (χ0n) is 18.4. The Morgan fingerprint density at radius 2 is 2.19 bits per heavy atom. The lowest BCUT2D eigenvalue weighted by molar-refractivity contribution is -0.146. The molecule has 0 saturated carbocycles. The first-order chi connectivity index (χ1) is 14.9. The molecule has 2 fully saturated rings. The minimum atomic E-state index is -4.16. The van der Waals surface area contributed by atoms with E-state index in [1.807, 2.05) is 12.1 Å². The predicted molar refractivity (Wildman–Crippen MR) is 114 cm³/mol. The van der Waals surface area contributed by atoms with Crippen molar-refractivity contribution in [2.75, 3.05) is 52.4 Å². The highest BCUT2D eigenvalue weighted by Gasteiger charge is 2.33. The van der Waals surface area contributed by atoms with E-state index in [9.17, 15) is 13.2 Å². The molecule has 2 atom stereocenters. The van der Waals surface area contributed by atoms with Gasteiger partial charge in [-0.15, -0.1) is 0 Å². The number of hydrogen-bond acceptors (Lipinski definition) is 4. The molecule has 0 bridgehead atoms. The van der Waals surface area contributed by atoms with Gasteiger partial charge in [-0.05, 0) is 50.3 Å². The van der Waals surface area contributed by atoms with Crippen LogP contribution in [0.25, 0.3) is 0 Å². The van der Waals surface area contributed by atoms with Gasteiger partial charge in [0.1, 0.15) is 5.76 Å². The Kier molecular flexibility index (Phi) is 9.07. The van der Waals surface area contributed by atoms with Gasteiger partial charge in [0.25, 0.3) is 0 Å². The molecule has 1 aromatic rings. The molecule has 3 rings (SSSR count). The molecular weight excluding hydrogens is 409 g/mol. The summed E-state index contributed by atoms with van der Waals surface area (Å²) in [6.45, 7) is 5.40. The van der Waals surface area contributed by atoms with Gasteiger partial charge in [-0.2, -0.15) is 13.2 Å². The third-order valence-corrected chi connectivity index (χ3v) is 5.91. The fraction of sp³-hybridized carbons (Fsp3) is 0.773. The van der Waals surface area contributed by atoms with Crippen LogP contribution in [0.3, 0.4) is 0 Å². The number of ether oxygens (including phenoxy) is 1. The average Bonchev–Trinajstić information content (AvgIpc) is 3.42. The van der Waals surface area contributed by atoms with Crippen LogP contribution in [0.2, 0.25) is 0 Å². The number of nitrogens with one attached hydrogen (secondary N) is 1. The monoisotopic (exact) mass is 444 g/mol. The maximum atomic E-state index is 12.8. The lowest BCUT2D eigenvalue weighted by atomic mass is 10.1. The standard InChI is InChI=1S/C22H35F3N4O2/c1-2-28(17-22(23,24)25)15-18-9-11-29(16-18)21(26-10-8-19-7-5-13-30-19)27-14-20-6-3-4-12-31-20/h5,7,13,18,20H,2-4,6,8-12,14-17H2,1H3,(H,26,27). The van der Waals surface area contributed by atoms with Gasteiger partial charge in [-0.1, -0.05) is 6.92 Å². The smallest absolute Gasteiger partial charge is 0.401 e. The number of nitrogens with zero attached hydrogens (tertiary/aromatic N) is 3. The molecular formula is C22H35F3N4O2. The van der Waals surface area contributed by atoms with Crippen molar-refractivity contribution in [2.45, 2.75) is 51.3 Å². The van der Waals surface area contributed by atoms with Crippen LogP contribution < -0.4 is 5.32 Å². The van der Waals surface area contributed by atoms with Crippen molar-refractivity contribution in [3.63, 3.8) is 0 Å². The lowest BCUT2D eigenvalue weighted by Crippen LogP contribution is -2.43. The van der Waals surface area contributed by atoms with Crippen LogP contribution in [0, 0.1) is 5.92 Å². The molecule has 1 N–H and O–H groups in total. The van der Waals surface area contributed by atoms with Crippen molar-refractivity contribution in [1.82, 2.24) is 15.1 Å². The first kappa shape index (κ1) is 23.9. The van der Waals surface area contributed by atoms with E-state index in [4.69, 9.17) is 14.1 Å². The first-order valence-corrected chi connectivity index (χ1v) is 11.4. The zero-order valence-corrected chi connectivity index (χ0v) is 18.4. The highest BCUT2D eigenvalue weighted by molar-refractivity contribution is 5.80. The summed E-state index contributed by atoms with van der Waals surface area (Å²) < 4.78 is 49.6. The van der Waals surface area contributed by atoms with Crippen LogP contribution in [0.5, 0.6) is 0 Å². The van der Waals surface area contributed by atoms with Crippen LogP contribution in [0.4, 0.5) is 13.2 Å². The number of alkyl halides is 3. The van der Waals surface area contributed by atoms with Gasteiger partial charge in [-0.3, -0.25) is 9.89 Å². The summed E-state index contributed by atoms with van der Waals surface area (Å²) in [5.41, 5.74) is 0. The molecule has 1 aromatic heterocycles. The topological polar surface area (TPSA) is 53.2 Å². The van der Waals surface area contributed by atoms with Crippen molar-refractivity contribution in [3.05, 3.63) is 24.2 Å². The summed E-state index contributed by atoms with van der Waals surface area (Å²) in [6.07, 6.45) is 2.56. The molecule has 0 amide bonds. The van der Waals surface area contributed by atoms with E-state index in [0.717, 1.165) is 50.6 Å². The van der Waals surface area contributed by atoms with Crippen LogP contribution in [-0.2, 0) is 11.2 Å². The molecule has 9 heteroatoms. The van der Waals surface area contributed by atoms with Gasteiger partial charge in [0, 0.05) is 39.2 Å². The van der Waals surface area contributed by atoms with E-state index in [0.29, 0.717) is 32.7 Å². The Morgan fingerprint density at radius 3 is 2.87 bits per heavy atom. The number of halogens is 3.